The minimum Gasteiger partial charge on any atom is -0.336 e. The molecule has 1 saturated heterocycles. The predicted octanol–water partition coefficient (Wildman–Crippen LogP) is 0.0399. The summed E-state index contributed by atoms with van der Waals surface area (Å²) in [6, 6.07) is 0.0966. The van der Waals surface area contributed by atoms with Crippen molar-refractivity contribution in [2.24, 2.45) is 5.73 Å². The van der Waals surface area contributed by atoms with E-state index in [2.05, 4.69) is 9.97 Å². The van der Waals surface area contributed by atoms with Crippen LogP contribution in [-0.2, 0) is 0 Å². The molecule has 15 heavy (non-hydrogen) atoms. The largest absolute Gasteiger partial charge is 0.336 e. The van der Waals surface area contributed by atoms with Gasteiger partial charge in [0.25, 0.3) is 5.91 Å². The fourth-order valence-corrected chi connectivity index (χ4v) is 1.77. The van der Waals surface area contributed by atoms with Crippen LogP contribution in [-0.4, -0.2) is 39.9 Å². The average Bonchev–Trinajstić information content (AvgIpc) is 2.29. The summed E-state index contributed by atoms with van der Waals surface area (Å²) >= 11 is 0. The normalized spacial score (nSPS) is 21.4. The summed E-state index contributed by atoms with van der Waals surface area (Å²) in [5, 5.41) is 0. The standard InChI is InChI=1S/C10H14N4O/c11-8-2-1-5-14(7-8)10(15)9-6-12-3-4-13-9/h3-4,6,8H,1-2,5,7,11H2. The first-order valence-corrected chi connectivity index (χ1v) is 5.08. The fourth-order valence-electron chi connectivity index (χ4n) is 1.77. The number of hydrogen-bond acceptors (Lipinski definition) is 4. The van der Waals surface area contributed by atoms with Crippen LogP contribution in [0, 0.1) is 0 Å². The molecule has 5 nitrogen and oxygen atoms in total. The van der Waals surface area contributed by atoms with Gasteiger partial charge in [-0.3, -0.25) is 9.78 Å². The molecular weight excluding hydrogens is 192 g/mol. The molecule has 1 amide bonds. The van der Waals surface area contributed by atoms with Gasteiger partial charge in [-0.15, -0.1) is 0 Å². The van der Waals surface area contributed by atoms with E-state index in [9.17, 15) is 4.79 Å². The summed E-state index contributed by atoms with van der Waals surface area (Å²) in [6.45, 7) is 1.39. The number of aromatic nitrogens is 2. The number of carbonyl (C=O) groups excluding carboxylic acids is 1. The highest BCUT2D eigenvalue weighted by molar-refractivity contribution is 5.92. The Bertz CT molecular complexity index is 341. The molecule has 2 rings (SSSR count). The topological polar surface area (TPSA) is 72.1 Å². The van der Waals surface area contributed by atoms with Gasteiger partial charge in [0.2, 0.25) is 0 Å². The van der Waals surface area contributed by atoms with Crippen LogP contribution in [0.25, 0.3) is 0 Å². The van der Waals surface area contributed by atoms with Crippen molar-refractivity contribution in [3.63, 3.8) is 0 Å². The maximum atomic E-state index is 11.9. The number of rotatable bonds is 1. The second-order valence-corrected chi connectivity index (χ2v) is 3.74. The molecule has 1 aromatic heterocycles. The molecule has 0 aromatic carbocycles. The zero-order valence-corrected chi connectivity index (χ0v) is 8.47. The number of nitrogens with zero attached hydrogens (tertiary/aromatic N) is 3. The summed E-state index contributed by atoms with van der Waals surface area (Å²) in [4.78, 5) is 21.5. The van der Waals surface area contributed by atoms with Gasteiger partial charge in [0, 0.05) is 31.5 Å². The van der Waals surface area contributed by atoms with Crippen LogP contribution in [0.3, 0.4) is 0 Å². The Labute approximate surface area is 88.3 Å². The van der Waals surface area contributed by atoms with Crippen LogP contribution < -0.4 is 5.73 Å². The van der Waals surface area contributed by atoms with E-state index in [1.807, 2.05) is 0 Å². The Morgan fingerprint density at radius 1 is 1.53 bits per heavy atom. The highest BCUT2D eigenvalue weighted by Crippen LogP contribution is 2.10. The van der Waals surface area contributed by atoms with E-state index in [4.69, 9.17) is 5.73 Å². The number of carbonyl (C=O) groups is 1. The van der Waals surface area contributed by atoms with Crippen molar-refractivity contribution in [3.05, 3.63) is 24.3 Å². The molecule has 1 unspecified atom stereocenters. The van der Waals surface area contributed by atoms with Crippen molar-refractivity contribution < 1.29 is 4.79 Å². The maximum Gasteiger partial charge on any atom is 0.274 e. The van der Waals surface area contributed by atoms with Gasteiger partial charge in [0.15, 0.2) is 0 Å². The first-order valence-electron chi connectivity index (χ1n) is 5.08. The molecule has 0 aliphatic carbocycles. The van der Waals surface area contributed by atoms with Crippen molar-refractivity contribution in [2.45, 2.75) is 18.9 Å². The van der Waals surface area contributed by atoms with Crippen LogP contribution in [0.1, 0.15) is 23.3 Å². The average molecular weight is 206 g/mol. The highest BCUT2D eigenvalue weighted by atomic mass is 16.2. The number of hydrogen-bond donors (Lipinski definition) is 1. The summed E-state index contributed by atoms with van der Waals surface area (Å²) in [6.07, 6.45) is 6.52. The van der Waals surface area contributed by atoms with E-state index in [1.54, 1.807) is 11.1 Å². The predicted molar refractivity (Wildman–Crippen MR) is 55.1 cm³/mol. The van der Waals surface area contributed by atoms with Crippen LogP contribution >= 0.6 is 0 Å². The molecule has 1 atom stereocenters. The van der Waals surface area contributed by atoms with Crippen molar-refractivity contribution in [3.8, 4) is 0 Å². The van der Waals surface area contributed by atoms with Crippen molar-refractivity contribution >= 4 is 5.91 Å². The van der Waals surface area contributed by atoms with Gasteiger partial charge in [-0.1, -0.05) is 0 Å². The third-order valence-corrected chi connectivity index (χ3v) is 2.53. The molecule has 0 bridgehead atoms. The molecular formula is C10H14N4O. The molecule has 0 spiro atoms. The van der Waals surface area contributed by atoms with Crippen molar-refractivity contribution in [1.29, 1.82) is 0 Å². The molecule has 2 heterocycles. The van der Waals surface area contributed by atoms with E-state index >= 15 is 0 Å². The first-order chi connectivity index (χ1) is 7.27. The van der Waals surface area contributed by atoms with Gasteiger partial charge >= 0.3 is 0 Å². The van der Waals surface area contributed by atoms with Crippen molar-refractivity contribution in [2.75, 3.05) is 13.1 Å². The zero-order valence-electron chi connectivity index (χ0n) is 8.47. The van der Waals surface area contributed by atoms with Gasteiger partial charge in [-0.05, 0) is 12.8 Å². The monoisotopic (exact) mass is 206 g/mol. The molecule has 0 saturated carbocycles. The number of amides is 1. The second-order valence-electron chi connectivity index (χ2n) is 3.74. The van der Waals surface area contributed by atoms with E-state index < -0.39 is 0 Å². The van der Waals surface area contributed by atoms with E-state index in [-0.39, 0.29) is 11.9 Å². The summed E-state index contributed by atoms with van der Waals surface area (Å²) in [7, 11) is 0. The van der Waals surface area contributed by atoms with Gasteiger partial charge < -0.3 is 10.6 Å². The number of nitrogens with two attached hydrogens (primary N) is 1. The summed E-state index contributed by atoms with van der Waals surface area (Å²) < 4.78 is 0. The number of piperidine rings is 1. The quantitative estimate of drug-likeness (QED) is 0.704. The summed E-state index contributed by atoms with van der Waals surface area (Å²) in [5.41, 5.74) is 6.21. The molecule has 80 valence electrons. The van der Waals surface area contributed by atoms with Crippen LogP contribution in [0.5, 0.6) is 0 Å². The molecule has 5 heteroatoms. The minimum atomic E-state index is -0.0711. The molecule has 1 fully saturated rings. The van der Waals surface area contributed by atoms with E-state index in [0.29, 0.717) is 12.2 Å². The molecule has 1 aliphatic rings. The van der Waals surface area contributed by atoms with E-state index in [1.165, 1.54) is 12.4 Å². The minimum absolute atomic E-state index is 0.0711. The Kier molecular flexibility index (Phi) is 2.91. The molecule has 2 N–H and O–H groups in total. The smallest absolute Gasteiger partial charge is 0.274 e. The van der Waals surface area contributed by atoms with Gasteiger partial charge in [-0.25, -0.2) is 4.98 Å². The third kappa shape index (κ3) is 2.30. The Morgan fingerprint density at radius 2 is 2.40 bits per heavy atom. The van der Waals surface area contributed by atoms with Crippen molar-refractivity contribution in [1.82, 2.24) is 14.9 Å². The van der Waals surface area contributed by atoms with Crippen LogP contribution in [0.4, 0.5) is 0 Å². The lowest BCUT2D eigenvalue weighted by molar-refractivity contribution is 0.0702. The lowest BCUT2D eigenvalue weighted by Gasteiger charge is -2.30. The number of likely N-dealkylation sites (tertiary alicyclic amines) is 1. The van der Waals surface area contributed by atoms with E-state index in [0.717, 1.165) is 19.4 Å². The van der Waals surface area contributed by atoms with Crippen LogP contribution in [0.2, 0.25) is 0 Å². The lowest BCUT2D eigenvalue weighted by atomic mass is 10.1. The van der Waals surface area contributed by atoms with Gasteiger partial charge in [-0.2, -0.15) is 0 Å². The molecule has 0 radical (unpaired) electrons. The third-order valence-electron chi connectivity index (χ3n) is 2.53. The Morgan fingerprint density at radius 3 is 3.07 bits per heavy atom. The van der Waals surface area contributed by atoms with Gasteiger partial charge in [0.1, 0.15) is 5.69 Å². The zero-order chi connectivity index (χ0) is 10.7. The molecule has 1 aliphatic heterocycles. The van der Waals surface area contributed by atoms with Crippen LogP contribution in [0.15, 0.2) is 18.6 Å². The second kappa shape index (κ2) is 4.35. The summed E-state index contributed by atoms with van der Waals surface area (Å²) in [5.74, 6) is -0.0711. The fraction of sp³-hybridized carbons (Fsp3) is 0.500. The maximum absolute atomic E-state index is 11.9. The Hall–Kier alpha value is -1.49. The van der Waals surface area contributed by atoms with Gasteiger partial charge in [0.05, 0.1) is 6.20 Å². The lowest BCUT2D eigenvalue weighted by Crippen LogP contribution is -2.45. The highest BCUT2D eigenvalue weighted by Gasteiger charge is 2.22. The SMILES string of the molecule is NC1CCCN(C(=O)c2cnccn2)C1. The first kappa shape index (κ1) is 10.0. The molecule has 1 aromatic rings. The Balaban J connectivity index is 2.08.